The fourth-order valence-corrected chi connectivity index (χ4v) is 3.61. The first-order valence-electron chi connectivity index (χ1n) is 9.42. The Labute approximate surface area is 162 Å². The van der Waals surface area contributed by atoms with Crippen molar-refractivity contribution in [1.82, 2.24) is 24.8 Å². The first-order chi connectivity index (χ1) is 13.5. The van der Waals surface area contributed by atoms with Gasteiger partial charge in [0.05, 0.1) is 11.0 Å². The van der Waals surface area contributed by atoms with E-state index in [9.17, 15) is 15.0 Å². The van der Waals surface area contributed by atoms with Crippen LogP contribution >= 0.6 is 0 Å². The zero-order valence-corrected chi connectivity index (χ0v) is 15.6. The Balaban J connectivity index is 1.40. The normalized spacial score (nSPS) is 17.6. The van der Waals surface area contributed by atoms with E-state index in [2.05, 4.69) is 19.9 Å². The standard InChI is InChI=1S/C20H23N5O3/c1-12-6-9-21-18(22-12)13-7-10-25(11-8-13)20(28)17(27)16(26)19-23-14-4-2-3-5-15(14)24-19/h2-6,9,13,16-17,26-27H,7-8,10-11H2,1H3,(H,23,24). The molecule has 1 saturated heterocycles. The number of aryl methyl sites for hydroxylation is 1. The van der Waals surface area contributed by atoms with Crippen molar-refractivity contribution in [2.75, 3.05) is 13.1 Å². The van der Waals surface area contributed by atoms with Crippen molar-refractivity contribution in [3.8, 4) is 0 Å². The monoisotopic (exact) mass is 381 g/mol. The number of aliphatic hydroxyl groups excluding tert-OH is 2. The number of hydrogen-bond acceptors (Lipinski definition) is 6. The quantitative estimate of drug-likeness (QED) is 0.630. The molecule has 8 heteroatoms. The molecule has 1 aliphatic rings. The first kappa shape index (κ1) is 18.5. The second kappa shape index (κ2) is 7.65. The topological polar surface area (TPSA) is 115 Å². The maximum atomic E-state index is 12.7. The summed E-state index contributed by atoms with van der Waals surface area (Å²) < 4.78 is 0. The number of fused-ring (bicyclic) bond motifs is 1. The smallest absolute Gasteiger partial charge is 0.254 e. The summed E-state index contributed by atoms with van der Waals surface area (Å²) in [6, 6.07) is 9.17. The first-order valence-corrected chi connectivity index (χ1v) is 9.42. The number of imidazole rings is 1. The molecule has 3 heterocycles. The lowest BCUT2D eigenvalue weighted by Gasteiger charge is -2.33. The Bertz CT molecular complexity index is 948. The number of aliphatic hydroxyl groups is 2. The minimum absolute atomic E-state index is 0.185. The van der Waals surface area contributed by atoms with Crippen LogP contribution < -0.4 is 0 Å². The second-order valence-electron chi connectivity index (χ2n) is 7.18. The van der Waals surface area contributed by atoms with Crippen LogP contribution in [0.3, 0.4) is 0 Å². The van der Waals surface area contributed by atoms with Crippen molar-refractivity contribution in [3.63, 3.8) is 0 Å². The molecule has 0 aliphatic carbocycles. The summed E-state index contributed by atoms with van der Waals surface area (Å²) in [4.78, 5) is 30.3. The van der Waals surface area contributed by atoms with Crippen LogP contribution in [0.2, 0.25) is 0 Å². The molecule has 1 aromatic carbocycles. The Morgan fingerprint density at radius 2 is 1.93 bits per heavy atom. The molecule has 2 atom stereocenters. The van der Waals surface area contributed by atoms with Gasteiger partial charge in [-0.15, -0.1) is 0 Å². The van der Waals surface area contributed by atoms with E-state index >= 15 is 0 Å². The molecule has 0 radical (unpaired) electrons. The molecule has 2 aromatic heterocycles. The van der Waals surface area contributed by atoms with E-state index in [4.69, 9.17) is 0 Å². The number of amides is 1. The molecule has 3 N–H and O–H groups in total. The number of aromatic amines is 1. The molecule has 3 aromatic rings. The predicted octanol–water partition coefficient (Wildman–Crippen LogP) is 1.46. The van der Waals surface area contributed by atoms with E-state index in [-0.39, 0.29) is 11.7 Å². The van der Waals surface area contributed by atoms with Crippen LogP contribution in [0.4, 0.5) is 0 Å². The van der Waals surface area contributed by atoms with Crippen molar-refractivity contribution >= 4 is 16.9 Å². The summed E-state index contributed by atoms with van der Waals surface area (Å²) in [6.45, 7) is 2.91. The van der Waals surface area contributed by atoms with Crippen molar-refractivity contribution in [2.24, 2.45) is 0 Å². The van der Waals surface area contributed by atoms with Gasteiger partial charge in [-0.1, -0.05) is 12.1 Å². The molecule has 0 spiro atoms. The largest absolute Gasteiger partial charge is 0.382 e. The van der Waals surface area contributed by atoms with E-state index < -0.39 is 18.1 Å². The van der Waals surface area contributed by atoms with Crippen molar-refractivity contribution in [2.45, 2.75) is 37.9 Å². The molecule has 28 heavy (non-hydrogen) atoms. The summed E-state index contributed by atoms with van der Waals surface area (Å²) >= 11 is 0. The van der Waals surface area contributed by atoms with E-state index in [1.54, 1.807) is 17.2 Å². The summed E-state index contributed by atoms with van der Waals surface area (Å²) in [5, 5.41) is 20.9. The van der Waals surface area contributed by atoms with Crippen LogP contribution in [-0.4, -0.2) is 60.1 Å². The minimum Gasteiger partial charge on any atom is -0.382 e. The number of H-pyrrole nitrogens is 1. The third kappa shape index (κ3) is 3.61. The molecular weight excluding hydrogens is 358 g/mol. The maximum Gasteiger partial charge on any atom is 0.254 e. The average molecular weight is 381 g/mol. The molecule has 1 amide bonds. The number of carbonyl (C=O) groups excluding carboxylic acids is 1. The lowest BCUT2D eigenvalue weighted by Crippen LogP contribution is -2.45. The van der Waals surface area contributed by atoms with E-state index in [0.29, 0.717) is 18.6 Å². The summed E-state index contributed by atoms with van der Waals surface area (Å²) in [7, 11) is 0. The number of piperidine rings is 1. The molecule has 1 fully saturated rings. The number of benzene rings is 1. The number of likely N-dealkylation sites (tertiary alicyclic amines) is 1. The van der Waals surface area contributed by atoms with Gasteiger partial charge in [0, 0.05) is 30.9 Å². The number of carbonyl (C=O) groups is 1. The molecule has 8 nitrogen and oxygen atoms in total. The predicted molar refractivity (Wildman–Crippen MR) is 102 cm³/mol. The Morgan fingerprint density at radius 1 is 1.18 bits per heavy atom. The molecular formula is C20H23N5O3. The number of hydrogen-bond donors (Lipinski definition) is 3. The molecule has 0 bridgehead atoms. The van der Waals surface area contributed by atoms with Crippen molar-refractivity contribution in [3.05, 3.63) is 53.9 Å². The Hall–Kier alpha value is -2.84. The van der Waals surface area contributed by atoms with E-state index in [1.165, 1.54) is 0 Å². The zero-order chi connectivity index (χ0) is 19.7. The second-order valence-corrected chi connectivity index (χ2v) is 7.18. The van der Waals surface area contributed by atoms with E-state index in [1.807, 2.05) is 31.2 Å². The van der Waals surface area contributed by atoms with Gasteiger partial charge in [0.15, 0.2) is 6.10 Å². The fraction of sp³-hybridized carbons (Fsp3) is 0.400. The van der Waals surface area contributed by atoms with Gasteiger partial charge in [-0.2, -0.15) is 0 Å². The van der Waals surface area contributed by atoms with Gasteiger partial charge in [0.25, 0.3) is 5.91 Å². The SMILES string of the molecule is Cc1ccnc(C2CCN(C(=O)C(O)C(O)c3nc4ccccc4[nH]3)CC2)n1. The fourth-order valence-electron chi connectivity index (χ4n) is 3.61. The number of para-hydroxylation sites is 2. The summed E-state index contributed by atoms with van der Waals surface area (Å²) in [5.74, 6) is 0.693. The number of rotatable bonds is 4. The molecule has 4 rings (SSSR count). The van der Waals surface area contributed by atoms with Crippen molar-refractivity contribution < 1.29 is 15.0 Å². The maximum absolute atomic E-state index is 12.7. The van der Waals surface area contributed by atoms with Crippen LogP contribution in [0.25, 0.3) is 11.0 Å². The molecule has 2 unspecified atom stereocenters. The van der Waals surface area contributed by atoms with Gasteiger partial charge in [-0.25, -0.2) is 15.0 Å². The highest BCUT2D eigenvalue weighted by molar-refractivity contribution is 5.82. The van der Waals surface area contributed by atoms with E-state index in [0.717, 1.165) is 29.9 Å². The molecule has 146 valence electrons. The van der Waals surface area contributed by atoms with Gasteiger partial charge < -0.3 is 20.1 Å². The zero-order valence-electron chi connectivity index (χ0n) is 15.6. The lowest BCUT2D eigenvalue weighted by molar-refractivity contribution is -0.147. The highest BCUT2D eigenvalue weighted by Gasteiger charge is 2.34. The highest BCUT2D eigenvalue weighted by atomic mass is 16.3. The number of aromatic nitrogens is 4. The van der Waals surface area contributed by atoms with Crippen molar-refractivity contribution in [1.29, 1.82) is 0 Å². The van der Waals surface area contributed by atoms with Crippen LogP contribution in [0.5, 0.6) is 0 Å². The van der Waals surface area contributed by atoms with Crippen LogP contribution in [-0.2, 0) is 4.79 Å². The third-order valence-electron chi connectivity index (χ3n) is 5.23. The minimum atomic E-state index is -1.56. The lowest BCUT2D eigenvalue weighted by atomic mass is 9.95. The molecule has 1 aliphatic heterocycles. The van der Waals surface area contributed by atoms with Gasteiger partial charge in [0.1, 0.15) is 17.8 Å². The van der Waals surface area contributed by atoms with Crippen LogP contribution in [0, 0.1) is 6.92 Å². The number of nitrogens with zero attached hydrogens (tertiary/aromatic N) is 4. The summed E-state index contributed by atoms with van der Waals surface area (Å²) in [5.41, 5.74) is 2.35. The number of nitrogens with one attached hydrogen (secondary N) is 1. The van der Waals surface area contributed by atoms with Crippen LogP contribution in [0.1, 0.15) is 42.2 Å². The average Bonchev–Trinajstić information content (AvgIpc) is 3.16. The highest BCUT2D eigenvalue weighted by Crippen LogP contribution is 2.27. The summed E-state index contributed by atoms with van der Waals surface area (Å²) in [6.07, 6.45) is 0.235. The van der Waals surface area contributed by atoms with Gasteiger partial charge >= 0.3 is 0 Å². The molecule has 0 saturated carbocycles. The Morgan fingerprint density at radius 3 is 2.64 bits per heavy atom. The van der Waals surface area contributed by atoms with Gasteiger partial charge in [-0.3, -0.25) is 4.79 Å². The Kier molecular flexibility index (Phi) is 5.06. The van der Waals surface area contributed by atoms with Crippen LogP contribution in [0.15, 0.2) is 36.5 Å². The van der Waals surface area contributed by atoms with Gasteiger partial charge in [-0.05, 0) is 38.0 Å². The van der Waals surface area contributed by atoms with Gasteiger partial charge in [0.2, 0.25) is 0 Å². The third-order valence-corrected chi connectivity index (χ3v) is 5.23.